The molecule has 1 amide bonds. The summed E-state index contributed by atoms with van der Waals surface area (Å²) >= 11 is 0. The second kappa shape index (κ2) is 5.87. The maximum atomic E-state index is 12.6. The Bertz CT molecular complexity index is 448. The lowest BCUT2D eigenvalue weighted by molar-refractivity contribution is -0.119. The Hall–Kier alpha value is -1.83. The van der Waals surface area contributed by atoms with Crippen molar-refractivity contribution in [3.8, 4) is 0 Å². The van der Waals surface area contributed by atoms with Gasteiger partial charge in [0, 0.05) is 32.2 Å². The number of nitrogens with zero attached hydrogens (tertiary/aromatic N) is 4. The topological polar surface area (TPSA) is 75.4 Å². The van der Waals surface area contributed by atoms with E-state index in [4.69, 9.17) is 5.73 Å². The molecule has 0 aliphatic carbocycles. The molecule has 0 atom stereocenters. The maximum Gasteiger partial charge on any atom is 0.280 e. The van der Waals surface area contributed by atoms with Crippen molar-refractivity contribution < 1.29 is 13.6 Å². The number of primary amides is 1. The number of piperazine rings is 1. The van der Waals surface area contributed by atoms with E-state index in [0.717, 1.165) is 6.33 Å². The average Bonchev–Trinajstić information content (AvgIpc) is 2.39. The number of alkyl halides is 2. The lowest BCUT2D eigenvalue weighted by Gasteiger charge is -2.34. The molecule has 0 saturated carbocycles. The molecule has 1 fully saturated rings. The number of hydrogen-bond donors (Lipinski definition) is 1. The first kappa shape index (κ1) is 13.6. The second-order valence-corrected chi connectivity index (χ2v) is 4.33. The number of carbonyl (C=O) groups is 1. The van der Waals surface area contributed by atoms with Crippen LogP contribution < -0.4 is 10.6 Å². The number of rotatable bonds is 4. The highest BCUT2D eigenvalue weighted by Gasteiger charge is 2.20. The predicted molar refractivity (Wildman–Crippen MR) is 64.8 cm³/mol. The van der Waals surface area contributed by atoms with Crippen molar-refractivity contribution in [2.75, 3.05) is 37.6 Å². The van der Waals surface area contributed by atoms with Crippen LogP contribution in [0.5, 0.6) is 0 Å². The third-order valence-electron chi connectivity index (χ3n) is 2.97. The van der Waals surface area contributed by atoms with Crippen LogP contribution in [0, 0.1) is 0 Å². The van der Waals surface area contributed by atoms with E-state index in [1.54, 1.807) is 0 Å². The van der Waals surface area contributed by atoms with Gasteiger partial charge in [-0.25, -0.2) is 18.7 Å². The van der Waals surface area contributed by atoms with E-state index >= 15 is 0 Å². The third kappa shape index (κ3) is 3.57. The van der Waals surface area contributed by atoms with Crippen LogP contribution in [0.1, 0.15) is 12.1 Å². The zero-order valence-corrected chi connectivity index (χ0v) is 10.3. The monoisotopic (exact) mass is 271 g/mol. The van der Waals surface area contributed by atoms with Gasteiger partial charge in [0.05, 0.1) is 6.54 Å². The number of aromatic nitrogens is 2. The first-order valence-corrected chi connectivity index (χ1v) is 5.92. The van der Waals surface area contributed by atoms with E-state index in [-0.39, 0.29) is 18.1 Å². The molecule has 2 rings (SSSR count). The fourth-order valence-corrected chi connectivity index (χ4v) is 2.01. The second-order valence-electron chi connectivity index (χ2n) is 4.33. The van der Waals surface area contributed by atoms with E-state index in [0.29, 0.717) is 32.0 Å². The van der Waals surface area contributed by atoms with Crippen LogP contribution in [0.25, 0.3) is 0 Å². The van der Waals surface area contributed by atoms with Gasteiger partial charge in [-0.05, 0) is 0 Å². The molecule has 0 spiro atoms. The third-order valence-corrected chi connectivity index (χ3v) is 2.97. The number of nitrogens with two attached hydrogens (primary N) is 1. The molecular formula is C11H15F2N5O. The molecule has 1 saturated heterocycles. The van der Waals surface area contributed by atoms with Crippen molar-refractivity contribution >= 4 is 11.7 Å². The first-order valence-electron chi connectivity index (χ1n) is 5.92. The highest BCUT2D eigenvalue weighted by Crippen LogP contribution is 2.20. The van der Waals surface area contributed by atoms with E-state index in [9.17, 15) is 13.6 Å². The molecular weight excluding hydrogens is 256 g/mol. The fourth-order valence-electron chi connectivity index (χ4n) is 2.01. The van der Waals surface area contributed by atoms with Crippen LogP contribution >= 0.6 is 0 Å². The minimum absolute atomic E-state index is 0.222. The van der Waals surface area contributed by atoms with Crippen LogP contribution in [-0.2, 0) is 4.79 Å². The van der Waals surface area contributed by atoms with Crippen molar-refractivity contribution in [2.24, 2.45) is 5.73 Å². The number of hydrogen-bond acceptors (Lipinski definition) is 5. The summed E-state index contributed by atoms with van der Waals surface area (Å²) in [4.78, 5) is 22.2. The summed E-state index contributed by atoms with van der Waals surface area (Å²) < 4.78 is 25.1. The molecule has 2 N–H and O–H groups in total. The van der Waals surface area contributed by atoms with Gasteiger partial charge in [0.15, 0.2) is 0 Å². The molecule has 6 nitrogen and oxygen atoms in total. The van der Waals surface area contributed by atoms with Crippen molar-refractivity contribution in [1.29, 1.82) is 0 Å². The maximum absolute atomic E-state index is 12.6. The first-order chi connectivity index (χ1) is 9.06. The van der Waals surface area contributed by atoms with Gasteiger partial charge in [-0.15, -0.1) is 0 Å². The van der Waals surface area contributed by atoms with E-state index < -0.39 is 6.43 Å². The fraction of sp³-hybridized carbons (Fsp3) is 0.545. The van der Waals surface area contributed by atoms with Crippen molar-refractivity contribution in [3.63, 3.8) is 0 Å². The van der Waals surface area contributed by atoms with Gasteiger partial charge in [-0.3, -0.25) is 9.69 Å². The van der Waals surface area contributed by atoms with Crippen LogP contribution in [0.4, 0.5) is 14.6 Å². The molecule has 0 radical (unpaired) electrons. The van der Waals surface area contributed by atoms with Gasteiger partial charge in [0.2, 0.25) is 5.91 Å². The Morgan fingerprint density at radius 2 is 2.00 bits per heavy atom. The quantitative estimate of drug-likeness (QED) is 0.835. The van der Waals surface area contributed by atoms with Gasteiger partial charge in [-0.2, -0.15) is 0 Å². The Morgan fingerprint density at radius 1 is 1.32 bits per heavy atom. The summed E-state index contributed by atoms with van der Waals surface area (Å²) in [6.45, 7) is 2.76. The van der Waals surface area contributed by atoms with Crippen LogP contribution in [0.15, 0.2) is 12.4 Å². The Balaban J connectivity index is 1.97. The summed E-state index contributed by atoms with van der Waals surface area (Å²) in [5, 5.41) is 0. The summed E-state index contributed by atoms with van der Waals surface area (Å²) in [6.07, 6.45) is -1.45. The Labute approximate surface area is 109 Å². The molecule has 1 aromatic heterocycles. The molecule has 0 unspecified atom stereocenters. The predicted octanol–water partition coefficient (Wildman–Crippen LogP) is 0.0215. The number of anilines is 1. The average molecular weight is 271 g/mol. The Kier molecular flexibility index (Phi) is 4.20. The summed E-state index contributed by atoms with van der Waals surface area (Å²) in [7, 11) is 0. The van der Waals surface area contributed by atoms with Crippen molar-refractivity contribution in [2.45, 2.75) is 6.43 Å². The molecule has 0 bridgehead atoms. The lowest BCUT2D eigenvalue weighted by atomic mass is 10.3. The minimum Gasteiger partial charge on any atom is -0.369 e. The molecule has 1 aliphatic rings. The van der Waals surface area contributed by atoms with E-state index in [2.05, 4.69) is 9.97 Å². The van der Waals surface area contributed by atoms with Gasteiger partial charge in [-0.1, -0.05) is 0 Å². The number of carbonyl (C=O) groups excluding carboxylic acids is 1. The highest BCUT2D eigenvalue weighted by atomic mass is 19.3. The van der Waals surface area contributed by atoms with Gasteiger partial charge in [0.25, 0.3) is 6.43 Å². The molecule has 1 aromatic rings. The summed E-state index contributed by atoms with van der Waals surface area (Å²) in [5.41, 5.74) is 4.85. The smallest absolute Gasteiger partial charge is 0.280 e. The van der Waals surface area contributed by atoms with Crippen molar-refractivity contribution in [1.82, 2.24) is 14.9 Å². The molecule has 19 heavy (non-hydrogen) atoms. The molecule has 104 valence electrons. The van der Waals surface area contributed by atoms with E-state index in [1.807, 2.05) is 9.80 Å². The van der Waals surface area contributed by atoms with E-state index in [1.165, 1.54) is 6.07 Å². The SMILES string of the molecule is NC(=O)CN1CCN(c2cc(C(F)F)ncn2)CC1. The number of amides is 1. The number of halogens is 2. The zero-order chi connectivity index (χ0) is 13.8. The van der Waals surface area contributed by atoms with Gasteiger partial charge in [0.1, 0.15) is 17.8 Å². The van der Waals surface area contributed by atoms with Crippen molar-refractivity contribution in [3.05, 3.63) is 18.1 Å². The standard InChI is InChI=1S/C11H15F2N5O/c12-11(13)8-5-10(16-7-15-8)18-3-1-17(2-4-18)6-9(14)19/h5,7,11H,1-4,6H2,(H2,14,19). The largest absolute Gasteiger partial charge is 0.369 e. The van der Waals surface area contributed by atoms with Crippen LogP contribution in [0.2, 0.25) is 0 Å². The van der Waals surface area contributed by atoms with Crippen LogP contribution in [-0.4, -0.2) is 53.5 Å². The minimum atomic E-state index is -2.60. The van der Waals surface area contributed by atoms with Gasteiger partial charge >= 0.3 is 0 Å². The molecule has 0 aromatic carbocycles. The highest BCUT2D eigenvalue weighted by molar-refractivity contribution is 5.75. The lowest BCUT2D eigenvalue weighted by Crippen LogP contribution is -2.49. The Morgan fingerprint density at radius 3 is 2.58 bits per heavy atom. The normalized spacial score (nSPS) is 16.9. The van der Waals surface area contributed by atoms with Gasteiger partial charge < -0.3 is 10.6 Å². The molecule has 8 heteroatoms. The summed E-state index contributed by atoms with van der Waals surface area (Å²) in [5.74, 6) is 0.125. The van der Waals surface area contributed by atoms with Crippen LogP contribution in [0.3, 0.4) is 0 Å². The zero-order valence-electron chi connectivity index (χ0n) is 10.3. The molecule has 1 aliphatic heterocycles. The molecule has 2 heterocycles. The summed E-state index contributed by atoms with van der Waals surface area (Å²) in [6, 6.07) is 1.30.